The molecule has 3 nitrogen and oxygen atoms in total. The molecule has 1 aromatic rings. The highest BCUT2D eigenvalue weighted by Gasteiger charge is 2.14. The molecule has 0 aliphatic carbocycles. The van der Waals surface area contributed by atoms with Crippen molar-refractivity contribution in [2.45, 2.75) is 26.7 Å². The average molecular weight is 193 g/mol. The van der Waals surface area contributed by atoms with Crippen LogP contribution in [0.4, 0.5) is 0 Å². The molecule has 0 radical (unpaired) electrons. The molecule has 14 heavy (non-hydrogen) atoms. The van der Waals surface area contributed by atoms with Gasteiger partial charge < -0.3 is 5.32 Å². The van der Waals surface area contributed by atoms with E-state index in [-0.39, 0.29) is 0 Å². The minimum absolute atomic E-state index is 0.461. The maximum Gasteiger partial charge on any atom is 0.0617 e. The summed E-state index contributed by atoms with van der Waals surface area (Å²) in [5.41, 5.74) is 1.08. The third-order valence-electron chi connectivity index (χ3n) is 2.62. The van der Waals surface area contributed by atoms with Gasteiger partial charge in [0.25, 0.3) is 0 Å². The molecule has 0 aromatic carbocycles. The van der Waals surface area contributed by atoms with E-state index in [4.69, 9.17) is 0 Å². The zero-order chi connectivity index (χ0) is 10.4. The standard InChI is InChI=1S/C11H19N3/c1-4-12-7-9(2)10(3)11-8-13-5-6-14-11/h5-6,8-10,12H,4,7H2,1-3H3. The Hall–Kier alpha value is -0.960. The highest BCUT2D eigenvalue weighted by Crippen LogP contribution is 2.20. The molecule has 0 fully saturated rings. The first-order valence-electron chi connectivity index (χ1n) is 5.22. The normalized spacial score (nSPS) is 15.1. The summed E-state index contributed by atoms with van der Waals surface area (Å²) in [7, 11) is 0. The van der Waals surface area contributed by atoms with Gasteiger partial charge in [0.2, 0.25) is 0 Å². The molecule has 0 saturated heterocycles. The van der Waals surface area contributed by atoms with Gasteiger partial charge in [0.1, 0.15) is 0 Å². The summed E-state index contributed by atoms with van der Waals surface area (Å²) < 4.78 is 0. The van der Waals surface area contributed by atoms with Crippen molar-refractivity contribution in [3.63, 3.8) is 0 Å². The summed E-state index contributed by atoms with van der Waals surface area (Å²) in [5, 5.41) is 3.35. The number of hydrogen-bond donors (Lipinski definition) is 1. The van der Waals surface area contributed by atoms with E-state index < -0.39 is 0 Å². The van der Waals surface area contributed by atoms with Crippen LogP contribution in [-0.4, -0.2) is 23.1 Å². The van der Waals surface area contributed by atoms with Crippen molar-refractivity contribution >= 4 is 0 Å². The Morgan fingerprint density at radius 2 is 2.14 bits per heavy atom. The topological polar surface area (TPSA) is 37.8 Å². The lowest BCUT2D eigenvalue weighted by atomic mass is 9.93. The molecule has 0 saturated carbocycles. The molecule has 1 rings (SSSR count). The Bertz CT molecular complexity index is 248. The number of aromatic nitrogens is 2. The van der Waals surface area contributed by atoms with Gasteiger partial charge in [-0.05, 0) is 19.0 Å². The molecule has 3 heteroatoms. The van der Waals surface area contributed by atoms with Crippen LogP contribution in [0.25, 0.3) is 0 Å². The zero-order valence-corrected chi connectivity index (χ0v) is 9.20. The second-order valence-electron chi connectivity index (χ2n) is 3.70. The van der Waals surface area contributed by atoms with Crippen molar-refractivity contribution in [3.05, 3.63) is 24.3 Å². The zero-order valence-electron chi connectivity index (χ0n) is 9.20. The molecule has 2 atom stereocenters. The molecule has 1 N–H and O–H groups in total. The molecule has 78 valence electrons. The smallest absolute Gasteiger partial charge is 0.0617 e. The van der Waals surface area contributed by atoms with Crippen molar-refractivity contribution < 1.29 is 0 Å². The SMILES string of the molecule is CCNCC(C)C(C)c1cnccn1. The molecule has 0 spiro atoms. The van der Waals surface area contributed by atoms with E-state index in [1.807, 2.05) is 6.20 Å². The number of nitrogens with one attached hydrogen (secondary N) is 1. The van der Waals surface area contributed by atoms with Crippen LogP contribution in [0, 0.1) is 5.92 Å². The monoisotopic (exact) mass is 193 g/mol. The third-order valence-corrected chi connectivity index (χ3v) is 2.62. The van der Waals surface area contributed by atoms with Gasteiger partial charge in [0.05, 0.1) is 5.69 Å². The minimum Gasteiger partial charge on any atom is -0.317 e. The largest absolute Gasteiger partial charge is 0.317 e. The second kappa shape index (κ2) is 5.70. The lowest BCUT2D eigenvalue weighted by Crippen LogP contribution is -2.24. The Labute approximate surface area is 86.0 Å². The summed E-state index contributed by atoms with van der Waals surface area (Å²) in [6, 6.07) is 0. The predicted octanol–water partition coefficient (Wildman–Crippen LogP) is 1.83. The Morgan fingerprint density at radius 3 is 2.71 bits per heavy atom. The van der Waals surface area contributed by atoms with E-state index in [1.54, 1.807) is 12.4 Å². The minimum atomic E-state index is 0.461. The highest BCUT2D eigenvalue weighted by atomic mass is 14.9. The van der Waals surface area contributed by atoms with Crippen LogP contribution in [0.2, 0.25) is 0 Å². The molecular formula is C11H19N3. The van der Waals surface area contributed by atoms with Crippen LogP contribution >= 0.6 is 0 Å². The molecular weight excluding hydrogens is 174 g/mol. The highest BCUT2D eigenvalue weighted by molar-refractivity contribution is 5.03. The first-order chi connectivity index (χ1) is 6.75. The number of nitrogens with zero attached hydrogens (tertiary/aromatic N) is 2. The van der Waals surface area contributed by atoms with Gasteiger partial charge in [-0.15, -0.1) is 0 Å². The molecule has 0 aliphatic heterocycles. The lowest BCUT2D eigenvalue weighted by molar-refractivity contribution is 0.446. The van der Waals surface area contributed by atoms with Crippen LogP contribution in [0.5, 0.6) is 0 Å². The van der Waals surface area contributed by atoms with Gasteiger partial charge in [-0.25, -0.2) is 0 Å². The van der Waals surface area contributed by atoms with Crippen molar-refractivity contribution in [2.24, 2.45) is 5.92 Å². The maximum absolute atomic E-state index is 4.32. The summed E-state index contributed by atoms with van der Waals surface area (Å²) in [6.07, 6.45) is 5.32. The van der Waals surface area contributed by atoms with Gasteiger partial charge in [0.15, 0.2) is 0 Å². The second-order valence-corrected chi connectivity index (χ2v) is 3.70. The summed E-state index contributed by atoms with van der Waals surface area (Å²) in [4.78, 5) is 8.40. The van der Waals surface area contributed by atoms with Gasteiger partial charge in [0, 0.05) is 24.5 Å². The number of rotatable bonds is 5. The van der Waals surface area contributed by atoms with Gasteiger partial charge >= 0.3 is 0 Å². The van der Waals surface area contributed by atoms with Crippen LogP contribution in [-0.2, 0) is 0 Å². The fourth-order valence-electron chi connectivity index (χ4n) is 1.39. The predicted molar refractivity (Wildman–Crippen MR) is 58.2 cm³/mol. The Kier molecular flexibility index (Phi) is 4.53. The van der Waals surface area contributed by atoms with Crippen LogP contribution in [0.1, 0.15) is 32.4 Å². The van der Waals surface area contributed by atoms with E-state index in [0.29, 0.717) is 11.8 Å². The molecule has 2 unspecified atom stereocenters. The summed E-state index contributed by atoms with van der Waals surface area (Å²) in [6.45, 7) is 8.62. The van der Waals surface area contributed by atoms with Crippen LogP contribution in [0.3, 0.4) is 0 Å². The van der Waals surface area contributed by atoms with Gasteiger partial charge in [-0.2, -0.15) is 0 Å². The van der Waals surface area contributed by atoms with Gasteiger partial charge in [-0.1, -0.05) is 20.8 Å². The van der Waals surface area contributed by atoms with Crippen LogP contribution in [0.15, 0.2) is 18.6 Å². The lowest BCUT2D eigenvalue weighted by Gasteiger charge is -2.19. The first kappa shape index (κ1) is 11.1. The van der Waals surface area contributed by atoms with Crippen molar-refractivity contribution in [1.82, 2.24) is 15.3 Å². The summed E-state index contributed by atoms with van der Waals surface area (Å²) in [5.74, 6) is 1.05. The molecule has 0 amide bonds. The molecule has 0 bridgehead atoms. The fraction of sp³-hybridized carbons (Fsp3) is 0.636. The number of hydrogen-bond acceptors (Lipinski definition) is 3. The molecule has 1 aromatic heterocycles. The fourth-order valence-corrected chi connectivity index (χ4v) is 1.39. The molecule has 1 heterocycles. The van der Waals surface area contributed by atoms with E-state index in [0.717, 1.165) is 18.8 Å². The maximum atomic E-state index is 4.32. The third kappa shape index (κ3) is 3.07. The van der Waals surface area contributed by atoms with E-state index in [1.165, 1.54) is 0 Å². The van der Waals surface area contributed by atoms with E-state index >= 15 is 0 Å². The Morgan fingerprint density at radius 1 is 1.36 bits per heavy atom. The summed E-state index contributed by atoms with van der Waals surface area (Å²) >= 11 is 0. The van der Waals surface area contributed by atoms with Gasteiger partial charge in [-0.3, -0.25) is 9.97 Å². The van der Waals surface area contributed by atoms with E-state index in [2.05, 4.69) is 36.1 Å². The first-order valence-corrected chi connectivity index (χ1v) is 5.22. The average Bonchev–Trinajstić information content (AvgIpc) is 2.26. The Balaban J connectivity index is 2.52. The quantitative estimate of drug-likeness (QED) is 0.775. The van der Waals surface area contributed by atoms with E-state index in [9.17, 15) is 0 Å². The molecule has 0 aliphatic rings. The van der Waals surface area contributed by atoms with Crippen molar-refractivity contribution in [1.29, 1.82) is 0 Å². The van der Waals surface area contributed by atoms with Crippen molar-refractivity contribution in [3.8, 4) is 0 Å². The van der Waals surface area contributed by atoms with Crippen LogP contribution < -0.4 is 5.32 Å². The van der Waals surface area contributed by atoms with Crippen molar-refractivity contribution in [2.75, 3.05) is 13.1 Å².